The lowest BCUT2D eigenvalue weighted by Crippen LogP contribution is -2.39. The first-order valence-corrected chi connectivity index (χ1v) is 4.83. The maximum Gasteiger partial charge on any atom is 0.0602 e. The fourth-order valence-corrected chi connectivity index (χ4v) is 3.31. The van der Waals surface area contributed by atoms with E-state index in [0.29, 0.717) is 5.92 Å². The summed E-state index contributed by atoms with van der Waals surface area (Å²) in [6, 6.07) is 0. The molecule has 4 atom stereocenters. The van der Waals surface area contributed by atoms with E-state index in [0.717, 1.165) is 12.8 Å². The van der Waals surface area contributed by atoms with Crippen LogP contribution in [0, 0.1) is 16.7 Å². The van der Waals surface area contributed by atoms with E-state index in [9.17, 15) is 10.2 Å². The molecule has 0 radical (unpaired) electrons. The molecule has 0 saturated heterocycles. The van der Waals surface area contributed by atoms with Crippen molar-refractivity contribution in [2.24, 2.45) is 16.7 Å². The molecule has 2 saturated carbocycles. The lowest BCUT2D eigenvalue weighted by Gasteiger charge is -2.38. The second kappa shape index (κ2) is 2.24. The SMILES string of the molecule is C[C@@]1(CO)[C@@H]2CC[C@]1(C)[C@@H](O)C2. The smallest absolute Gasteiger partial charge is 0.0602 e. The molecule has 2 aliphatic rings. The Morgan fingerprint density at radius 3 is 2.33 bits per heavy atom. The molecule has 0 aromatic rings. The van der Waals surface area contributed by atoms with Crippen molar-refractivity contribution in [3.63, 3.8) is 0 Å². The standard InChI is InChI=1S/C10H18O2/c1-9-4-3-7(5-8(9)12)10(9,2)6-11/h7-8,11-12H,3-6H2,1-2H3/t7-,8+,9-,10-/m1/s1. The summed E-state index contributed by atoms with van der Waals surface area (Å²) in [5.74, 6) is 0.544. The molecule has 2 heteroatoms. The zero-order valence-corrected chi connectivity index (χ0v) is 7.88. The van der Waals surface area contributed by atoms with Gasteiger partial charge in [-0.2, -0.15) is 0 Å². The third-order valence-corrected chi connectivity index (χ3v) is 4.79. The molecule has 0 heterocycles. The highest BCUT2D eigenvalue weighted by Crippen LogP contribution is 2.65. The molecular weight excluding hydrogens is 152 g/mol. The van der Waals surface area contributed by atoms with E-state index in [1.54, 1.807) is 0 Å². The third-order valence-electron chi connectivity index (χ3n) is 4.79. The van der Waals surface area contributed by atoms with Crippen molar-refractivity contribution in [3.8, 4) is 0 Å². The average Bonchev–Trinajstić information content (AvgIpc) is 2.39. The van der Waals surface area contributed by atoms with Crippen LogP contribution in [0.3, 0.4) is 0 Å². The minimum Gasteiger partial charge on any atom is -0.396 e. The van der Waals surface area contributed by atoms with E-state index >= 15 is 0 Å². The molecule has 2 N–H and O–H groups in total. The summed E-state index contributed by atoms with van der Waals surface area (Å²) in [4.78, 5) is 0. The van der Waals surface area contributed by atoms with Crippen LogP contribution in [0.1, 0.15) is 33.1 Å². The minimum atomic E-state index is -0.187. The molecule has 12 heavy (non-hydrogen) atoms. The van der Waals surface area contributed by atoms with E-state index in [1.807, 2.05) is 0 Å². The monoisotopic (exact) mass is 170 g/mol. The Bertz CT molecular complexity index is 202. The van der Waals surface area contributed by atoms with E-state index in [1.165, 1.54) is 6.42 Å². The summed E-state index contributed by atoms with van der Waals surface area (Å²) in [7, 11) is 0. The Balaban J connectivity index is 2.38. The molecule has 0 spiro atoms. The fourth-order valence-electron chi connectivity index (χ4n) is 3.31. The van der Waals surface area contributed by atoms with Crippen molar-refractivity contribution < 1.29 is 10.2 Å². The van der Waals surface area contributed by atoms with Crippen molar-refractivity contribution >= 4 is 0 Å². The lowest BCUT2D eigenvalue weighted by atomic mass is 9.69. The third kappa shape index (κ3) is 0.686. The molecule has 0 aliphatic heterocycles. The van der Waals surface area contributed by atoms with Crippen molar-refractivity contribution in [3.05, 3.63) is 0 Å². The average molecular weight is 170 g/mol. The first-order valence-electron chi connectivity index (χ1n) is 4.83. The molecule has 2 rings (SSSR count). The number of hydrogen-bond donors (Lipinski definition) is 2. The first-order chi connectivity index (χ1) is 5.54. The van der Waals surface area contributed by atoms with Crippen LogP contribution in [0.4, 0.5) is 0 Å². The van der Waals surface area contributed by atoms with Crippen LogP contribution in [0.15, 0.2) is 0 Å². The van der Waals surface area contributed by atoms with Gasteiger partial charge in [0.15, 0.2) is 0 Å². The molecule has 0 unspecified atom stereocenters. The largest absolute Gasteiger partial charge is 0.396 e. The van der Waals surface area contributed by atoms with Crippen LogP contribution < -0.4 is 0 Å². The summed E-state index contributed by atoms with van der Waals surface area (Å²) >= 11 is 0. The zero-order chi connectivity index (χ0) is 8.98. The Labute approximate surface area is 73.6 Å². The van der Waals surface area contributed by atoms with E-state index in [-0.39, 0.29) is 23.5 Å². The van der Waals surface area contributed by atoms with Crippen molar-refractivity contribution in [2.75, 3.05) is 6.61 Å². The van der Waals surface area contributed by atoms with Crippen LogP contribution in [0.5, 0.6) is 0 Å². The fraction of sp³-hybridized carbons (Fsp3) is 1.00. The van der Waals surface area contributed by atoms with Gasteiger partial charge >= 0.3 is 0 Å². The Kier molecular flexibility index (Phi) is 1.59. The first kappa shape index (κ1) is 8.52. The molecule has 70 valence electrons. The topological polar surface area (TPSA) is 40.5 Å². The maximum atomic E-state index is 9.83. The Morgan fingerprint density at radius 1 is 1.42 bits per heavy atom. The highest BCUT2D eigenvalue weighted by molar-refractivity contribution is 5.12. The second-order valence-corrected chi connectivity index (χ2v) is 4.98. The number of hydrogen-bond acceptors (Lipinski definition) is 2. The number of fused-ring (bicyclic) bond motifs is 2. The van der Waals surface area contributed by atoms with Crippen LogP contribution in [-0.2, 0) is 0 Å². The van der Waals surface area contributed by atoms with Gasteiger partial charge in [-0.15, -0.1) is 0 Å². The molecule has 2 aliphatic carbocycles. The second-order valence-electron chi connectivity index (χ2n) is 4.98. The molecule has 2 nitrogen and oxygen atoms in total. The van der Waals surface area contributed by atoms with E-state index in [2.05, 4.69) is 13.8 Å². The van der Waals surface area contributed by atoms with Gasteiger partial charge in [-0.05, 0) is 25.2 Å². The lowest BCUT2D eigenvalue weighted by molar-refractivity contribution is -0.0213. The molecule has 0 aromatic carbocycles. The van der Waals surface area contributed by atoms with Crippen LogP contribution in [-0.4, -0.2) is 22.9 Å². The zero-order valence-electron chi connectivity index (χ0n) is 7.88. The summed E-state index contributed by atoms with van der Waals surface area (Å²) < 4.78 is 0. The van der Waals surface area contributed by atoms with Gasteiger partial charge < -0.3 is 10.2 Å². The van der Waals surface area contributed by atoms with Gasteiger partial charge in [-0.1, -0.05) is 13.8 Å². The van der Waals surface area contributed by atoms with E-state index < -0.39 is 0 Å². The maximum absolute atomic E-state index is 9.83. The molecule has 0 amide bonds. The number of rotatable bonds is 1. The number of aliphatic hydroxyl groups excluding tert-OH is 2. The van der Waals surface area contributed by atoms with Gasteiger partial charge in [0.2, 0.25) is 0 Å². The Hall–Kier alpha value is -0.0800. The van der Waals surface area contributed by atoms with Crippen LogP contribution in [0.2, 0.25) is 0 Å². The molecule has 2 bridgehead atoms. The van der Waals surface area contributed by atoms with Crippen LogP contribution in [0.25, 0.3) is 0 Å². The van der Waals surface area contributed by atoms with E-state index in [4.69, 9.17) is 0 Å². The van der Waals surface area contributed by atoms with Crippen molar-refractivity contribution in [2.45, 2.75) is 39.2 Å². The predicted molar refractivity (Wildman–Crippen MR) is 46.6 cm³/mol. The molecular formula is C10H18O2. The number of aliphatic hydroxyl groups is 2. The van der Waals surface area contributed by atoms with Gasteiger partial charge in [0.1, 0.15) is 0 Å². The highest BCUT2D eigenvalue weighted by Gasteiger charge is 2.63. The van der Waals surface area contributed by atoms with Gasteiger partial charge in [0.05, 0.1) is 6.10 Å². The van der Waals surface area contributed by atoms with Crippen molar-refractivity contribution in [1.29, 1.82) is 0 Å². The van der Waals surface area contributed by atoms with Crippen molar-refractivity contribution in [1.82, 2.24) is 0 Å². The Morgan fingerprint density at radius 2 is 2.08 bits per heavy atom. The summed E-state index contributed by atoms with van der Waals surface area (Å²) in [5.41, 5.74) is -0.0428. The summed E-state index contributed by atoms with van der Waals surface area (Å²) in [6.45, 7) is 4.48. The molecule has 2 fully saturated rings. The van der Waals surface area contributed by atoms with Gasteiger partial charge in [0, 0.05) is 17.4 Å². The molecule has 0 aromatic heterocycles. The summed E-state index contributed by atoms with van der Waals surface area (Å²) in [5, 5.41) is 19.2. The van der Waals surface area contributed by atoms with Gasteiger partial charge in [0.25, 0.3) is 0 Å². The van der Waals surface area contributed by atoms with Gasteiger partial charge in [-0.25, -0.2) is 0 Å². The highest BCUT2D eigenvalue weighted by atomic mass is 16.3. The van der Waals surface area contributed by atoms with Crippen LogP contribution >= 0.6 is 0 Å². The van der Waals surface area contributed by atoms with Gasteiger partial charge in [-0.3, -0.25) is 0 Å². The quantitative estimate of drug-likeness (QED) is 0.620. The minimum absolute atomic E-state index is 0.0214. The predicted octanol–water partition coefficient (Wildman–Crippen LogP) is 1.17. The summed E-state index contributed by atoms with van der Waals surface area (Å²) in [6.07, 6.45) is 2.97. The normalized spacial score (nSPS) is 58.0.